The van der Waals surface area contributed by atoms with Crippen LogP contribution in [0.1, 0.15) is 10.5 Å². The van der Waals surface area contributed by atoms with E-state index in [0.29, 0.717) is 15.0 Å². The van der Waals surface area contributed by atoms with Crippen molar-refractivity contribution in [2.75, 3.05) is 12.8 Å². The maximum atomic E-state index is 11.4. The molecule has 0 saturated heterocycles. The summed E-state index contributed by atoms with van der Waals surface area (Å²) in [4.78, 5) is 15.7. The first-order valence-electron chi connectivity index (χ1n) is 4.83. The lowest BCUT2D eigenvalue weighted by Gasteiger charge is -2.00. The molecule has 0 bridgehead atoms. The normalized spacial score (nSPS) is 10.4. The number of anilines is 1. The zero-order valence-electron chi connectivity index (χ0n) is 9.24. The molecular weight excluding hydrogens is 387 g/mol. The number of halogens is 2. The molecule has 0 spiro atoms. The maximum Gasteiger partial charge on any atom is 0.359 e. The van der Waals surface area contributed by atoms with E-state index >= 15 is 0 Å². The van der Waals surface area contributed by atoms with Gasteiger partial charge in [-0.25, -0.2) is 9.78 Å². The van der Waals surface area contributed by atoms with E-state index in [-0.39, 0.29) is 5.69 Å². The molecule has 1 aromatic heterocycles. The minimum Gasteiger partial charge on any atom is -0.464 e. The number of nitrogen functional groups attached to an aromatic ring is 1. The van der Waals surface area contributed by atoms with Crippen LogP contribution in [0.2, 0.25) is 5.02 Å². The van der Waals surface area contributed by atoms with Crippen molar-refractivity contribution < 1.29 is 9.53 Å². The lowest BCUT2D eigenvalue weighted by atomic mass is 10.2. The van der Waals surface area contributed by atoms with E-state index in [0.717, 1.165) is 9.13 Å². The molecule has 2 N–H and O–H groups in total. The van der Waals surface area contributed by atoms with Crippen molar-refractivity contribution in [2.24, 2.45) is 0 Å². The standard InChI is InChI=1S/C11H8ClIN2O2S/c1-17-11(16)8-9(14)18-10(15-8)6-4-5(12)2-3-7(6)13/h2-4H,14H2,1H3. The first-order valence-corrected chi connectivity index (χ1v) is 7.10. The molecule has 18 heavy (non-hydrogen) atoms. The Hall–Kier alpha value is -0.860. The molecule has 2 rings (SSSR count). The fourth-order valence-corrected chi connectivity index (χ4v) is 3.15. The molecule has 1 aromatic carbocycles. The predicted molar refractivity (Wildman–Crippen MR) is 81.0 cm³/mol. The number of aromatic nitrogens is 1. The van der Waals surface area contributed by atoms with E-state index in [1.54, 1.807) is 12.1 Å². The second kappa shape index (κ2) is 5.41. The minimum atomic E-state index is -0.535. The molecule has 4 nitrogen and oxygen atoms in total. The lowest BCUT2D eigenvalue weighted by Crippen LogP contribution is -2.04. The van der Waals surface area contributed by atoms with Crippen molar-refractivity contribution >= 4 is 56.5 Å². The Balaban J connectivity index is 2.52. The molecule has 0 atom stereocenters. The van der Waals surface area contributed by atoms with E-state index in [4.69, 9.17) is 17.3 Å². The number of esters is 1. The zero-order valence-corrected chi connectivity index (χ0v) is 13.0. The summed E-state index contributed by atoms with van der Waals surface area (Å²) in [7, 11) is 1.30. The molecule has 0 amide bonds. The van der Waals surface area contributed by atoms with E-state index in [9.17, 15) is 4.79 Å². The van der Waals surface area contributed by atoms with Crippen molar-refractivity contribution in [3.63, 3.8) is 0 Å². The number of hydrogen-bond acceptors (Lipinski definition) is 5. The van der Waals surface area contributed by atoms with Gasteiger partial charge in [0.15, 0.2) is 5.69 Å². The van der Waals surface area contributed by atoms with E-state index < -0.39 is 5.97 Å². The van der Waals surface area contributed by atoms with Crippen molar-refractivity contribution in [3.05, 3.63) is 32.5 Å². The van der Waals surface area contributed by atoms with E-state index in [1.165, 1.54) is 18.4 Å². The number of carbonyl (C=O) groups excluding carboxylic acids is 1. The van der Waals surface area contributed by atoms with Gasteiger partial charge >= 0.3 is 5.97 Å². The molecule has 0 aliphatic rings. The van der Waals surface area contributed by atoms with E-state index in [2.05, 4.69) is 32.3 Å². The molecule has 1 heterocycles. The van der Waals surface area contributed by atoms with Gasteiger partial charge in [-0.05, 0) is 40.8 Å². The van der Waals surface area contributed by atoms with Crippen LogP contribution in [0, 0.1) is 3.57 Å². The summed E-state index contributed by atoms with van der Waals surface area (Å²) in [6.07, 6.45) is 0. The van der Waals surface area contributed by atoms with Gasteiger partial charge in [-0.1, -0.05) is 22.9 Å². The summed E-state index contributed by atoms with van der Waals surface area (Å²) >= 11 is 9.37. The Bertz CT molecular complexity index is 615. The van der Waals surface area contributed by atoms with Crippen molar-refractivity contribution in [2.45, 2.75) is 0 Å². The molecule has 0 aliphatic carbocycles. The average molecular weight is 395 g/mol. The fraction of sp³-hybridized carbons (Fsp3) is 0.0909. The molecule has 0 aliphatic heterocycles. The van der Waals surface area contributed by atoms with Crippen LogP contribution in [-0.4, -0.2) is 18.1 Å². The third-order valence-electron chi connectivity index (χ3n) is 2.19. The second-order valence-electron chi connectivity index (χ2n) is 3.35. The average Bonchev–Trinajstić information content (AvgIpc) is 2.73. The Labute approximate surface area is 126 Å². The first-order chi connectivity index (χ1) is 8.52. The summed E-state index contributed by atoms with van der Waals surface area (Å²) in [6, 6.07) is 5.47. The van der Waals surface area contributed by atoms with Gasteiger partial charge < -0.3 is 10.5 Å². The summed E-state index contributed by atoms with van der Waals surface area (Å²) in [5.74, 6) is -0.535. The van der Waals surface area contributed by atoms with Gasteiger partial charge in [0.2, 0.25) is 0 Å². The number of benzene rings is 1. The number of nitrogens with zero attached hydrogens (tertiary/aromatic N) is 1. The van der Waals surface area contributed by atoms with Crippen LogP contribution < -0.4 is 5.73 Å². The molecule has 7 heteroatoms. The van der Waals surface area contributed by atoms with Crippen molar-refractivity contribution in [1.29, 1.82) is 0 Å². The Morgan fingerprint density at radius 3 is 2.94 bits per heavy atom. The predicted octanol–water partition coefficient (Wildman–Crippen LogP) is 3.44. The summed E-state index contributed by atoms with van der Waals surface area (Å²) < 4.78 is 5.61. The van der Waals surface area contributed by atoms with Gasteiger partial charge in [-0.15, -0.1) is 0 Å². The van der Waals surface area contributed by atoms with Gasteiger partial charge in [0.05, 0.1) is 7.11 Å². The lowest BCUT2D eigenvalue weighted by molar-refractivity contribution is 0.0596. The number of carbonyl (C=O) groups is 1. The van der Waals surface area contributed by atoms with Crippen LogP contribution in [-0.2, 0) is 4.74 Å². The summed E-state index contributed by atoms with van der Waals surface area (Å²) in [5, 5.41) is 1.60. The van der Waals surface area contributed by atoms with Crippen LogP contribution >= 0.6 is 45.5 Å². The number of ether oxygens (including phenoxy) is 1. The Kier molecular flexibility index (Phi) is 4.08. The van der Waals surface area contributed by atoms with Crippen LogP contribution in [0.4, 0.5) is 5.00 Å². The molecule has 0 saturated carbocycles. The topological polar surface area (TPSA) is 65.2 Å². The highest BCUT2D eigenvalue weighted by Gasteiger charge is 2.18. The van der Waals surface area contributed by atoms with Gasteiger partial charge in [0, 0.05) is 14.2 Å². The van der Waals surface area contributed by atoms with Crippen LogP contribution in [0.3, 0.4) is 0 Å². The van der Waals surface area contributed by atoms with Crippen LogP contribution in [0.25, 0.3) is 10.6 Å². The maximum absolute atomic E-state index is 11.4. The number of nitrogens with two attached hydrogens (primary N) is 1. The smallest absolute Gasteiger partial charge is 0.359 e. The largest absolute Gasteiger partial charge is 0.464 e. The second-order valence-corrected chi connectivity index (χ2v) is 5.98. The number of thiazole rings is 1. The highest BCUT2D eigenvalue weighted by molar-refractivity contribution is 14.1. The Morgan fingerprint density at radius 2 is 2.28 bits per heavy atom. The van der Waals surface area contributed by atoms with Gasteiger partial charge in [-0.2, -0.15) is 0 Å². The molecule has 0 fully saturated rings. The van der Waals surface area contributed by atoms with Crippen LogP contribution in [0.15, 0.2) is 18.2 Å². The number of hydrogen-bond donors (Lipinski definition) is 1. The zero-order chi connectivity index (χ0) is 13.3. The highest BCUT2D eigenvalue weighted by atomic mass is 127. The van der Waals surface area contributed by atoms with Gasteiger partial charge in [-0.3, -0.25) is 0 Å². The monoisotopic (exact) mass is 394 g/mol. The van der Waals surface area contributed by atoms with Crippen LogP contribution in [0.5, 0.6) is 0 Å². The third kappa shape index (κ3) is 2.60. The van der Waals surface area contributed by atoms with Crippen molar-refractivity contribution in [1.82, 2.24) is 4.98 Å². The minimum absolute atomic E-state index is 0.147. The van der Waals surface area contributed by atoms with Crippen molar-refractivity contribution in [3.8, 4) is 10.6 Å². The SMILES string of the molecule is COC(=O)c1nc(-c2cc(Cl)ccc2I)sc1N. The number of rotatable bonds is 2. The van der Waals surface area contributed by atoms with E-state index in [1.807, 2.05) is 6.07 Å². The highest BCUT2D eigenvalue weighted by Crippen LogP contribution is 2.34. The van der Waals surface area contributed by atoms with Gasteiger partial charge in [0.1, 0.15) is 10.0 Å². The summed E-state index contributed by atoms with van der Waals surface area (Å²) in [5.41, 5.74) is 6.77. The Morgan fingerprint density at radius 1 is 1.56 bits per heavy atom. The molecule has 0 radical (unpaired) electrons. The third-order valence-corrected chi connectivity index (χ3v) is 4.28. The number of methoxy groups -OCH3 is 1. The van der Waals surface area contributed by atoms with Gasteiger partial charge in [0.25, 0.3) is 0 Å². The first kappa shape index (κ1) is 13.6. The quantitative estimate of drug-likeness (QED) is 0.626. The fourth-order valence-electron chi connectivity index (χ4n) is 1.35. The molecular formula is C11H8ClIN2O2S. The summed E-state index contributed by atoms with van der Waals surface area (Å²) in [6.45, 7) is 0. The molecule has 0 unspecified atom stereocenters. The molecule has 94 valence electrons. The molecule has 2 aromatic rings.